The number of amides is 1. The Balaban J connectivity index is 1.80. The predicted octanol–water partition coefficient (Wildman–Crippen LogP) is 3.54. The zero-order valence-corrected chi connectivity index (χ0v) is 12.9. The number of aromatic nitrogens is 2. The zero-order chi connectivity index (χ0) is 14.1. The molecule has 1 aliphatic heterocycles. The highest BCUT2D eigenvalue weighted by molar-refractivity contribution is 9.10. The Morgan fingerprint density at radius 2 is 2.20 bits per heavy atom. The molecule has 5 heteroatoms. The summed E-state index contributed by atoms with van der Waals surface area (Å²) in [4.78, 5) is 12.3. The third-order valence-corrected chi connectivity index (χ3v) is 4.08. The second-order valence-corrected chi connectivity index (χ2v) is 6.03. The highest BCUT2D eigenvalue weighted by Gasteiger charge is 2.17. The van der Waals surface area contributed by atoms with Gasteiger partial charge >= 0.3 is 0 Å². The molecule has 0 saturated heterocycles. The van der Waals surface area contributed by atoms with Gasteiger partial charge in [-0.2, -0.15) is 5.10 Å². The van der Waals surface area contributed by atoms with Crippen molar-refractivity contribution in [1.29, 1.82) is 0 Å². The molecule has 0 radical (unpaired) electrons. The van der Waals surface area contributed by atoms with Gasteiger partial charge in [0.15, 0.2) is 5.69 Å². The summed E-state index contributed by atoms with van der Waals surface area (Å²) >= 11 is 3.42. The van der Waals surface area contributed by atoms with Crippen LogP contribution in [0.5, 0.6) is 0 Å². The number of halogens is 1. The van der Waals surface area contributed by atoms with E-state index < -0.39 is 0 Å². The van der Waals surface area contributed by atoms with Crippen molar-refractivity contribution in [2.24, 2.45) is 0 Å². The Labute approximate surface area is 126 Å². The molecule has 20 heavy (non-hydrogen) atoms. The molecule has 1 aliphatic rings. The van der Waals surface area contributed by atoms with E-state index in [9.17, 15) is 4.79 Å². The second kappa shape index (κ2) is 5.40. The van der Waals surface area contributed by atoms with Crippen LogP contribution in [0.1, 0.15) is 34.6 Å². The number of carbonyl (C=O) groups excluding carboxylic acids is 1. The van der Waals surface area contributed by atoms with Crippen molar-refractivity contribution in [2.45, 2.75) is 32.7 Å². The van der Waals surface area contributed by atoms with Gasteiger partial charge < -0.3 is 5.32 Å². The normalized spacial score (nSPS) is 13.9. The number of anilines is 1. The maximum Gasteiger partial charge on any atom is 0.276 e. The van der Waals surface area contributed by atoms with Crippen molar-refractivity contribution in [2.75, 3.05) is 5.32 Å². The summed E-state index contributed by atoms with van der Waals surface area (Å²) < 4.78 is 2.96. The first-order valence-corrected chi connectivity index (χ1v) is 7.57. The van der Waals surface area contributed by atoms with Gasteiger partial charge in [-0.25, -0.2) is 0 Å². The lowest BCUT2D eigenvalue weighted by Gasteiger charge is -2.11. The van der Waals surface area contributed by atoms with E-state index in [0.29, 0.717) is 5.69 Å². The number of fused-ring (bicyclic) bond motifs is 1. The molecule has 2 heterocycles. The van der Waals surface area contributed by atoms with E-state index in [2.05, 4.69) is 26.3 Å². The average Bonchev–Trinajstić information content (AvgIpc) is 2.86. The van der Waals surface area contributed by atoms with Gasteiger partial charge in [-0.1, -0.05) is 15.9 Å². The number of nitrogens with zero attached hydrogens (tertiary/aromatic N) is 2. The topological polar surface area (TPSA) is 46.9 Å². The lowest BCUT2D eigenvalue weighted by atomic mass is 10.1. The fourth-order valence-corrected chi connectivity index (χ4v) is 2.96. The van der Waals surface area contributed by atoms with Crippen LogP contribution in [0, 0.1) is 6.92 Å². The molecule has 104 valence electrons. The summed E-state index contributed by atoms with van der Waals surface area (Å²) in [6, 6.07) is 7.70. The summed E-state index contributed by atoms with van der Waals surface area (Å²) in [5.74, 6) is -0.141. The van der Waals surface area contributed by atoms with E-state index in [1.54, 1.807) is 0 Å². The first-order valence-electron chi connectivity index (χ1n) is 6.78. The second-order valence-electron chi connectivity index (χ2n) is 5.11. The molecule has 1 aromatic heterocycles. The lowest BCUT2D eigenvalue weighted by Crippen LogP contribution is -2.15. The van der Waals surface area contributed by atoms with Crippen molar-refractivity contribution >= 4 is 27.5 Å². The number of carbonyl (C=O) groups is 1. The molecule has 3 rings (SSSR count). The molecular weight excluding hydrogens is 318 g/mol. The van der Waals surface area contributed by atoms with Gasteiger partial charge in [-0.05, 0) is 56.0 Å². The van der Waals surface area contributed by atoms with E-state index in [4.69, 9.17) is 0 Å². The molecule has 0 spiro atoms. The number of benzene rings is 1. The van der Waals surface area contributed by atoms with Crippen molar-refractivity contribution in [3.8, 4) is 0 Å². The van der Waals surface area contributed by atoms with Gasteiger partial charge in [0, 0.05) is 22.4 Å². The standard InChI is InChI=1S/C15H16BrN3O/c1-10-8-11(16)5-6-13(10)17-15(20)14-9-12-4-2-3-7-19(12)18-14/h5-6,8-9H,2-4,7H2,1H3,(H,17,20). The molecule has 1 aromatic carbocycles. The fraction of sp³-hybridized carbons (Fsp3) is 0.333. The van der Waals surface area contributed by atoms with Crippen LogP contribution in [0.2, 0.25) is 0 Å². The van der Waals surface area contributed by atoms with E-state index >= 15 is 0 Å². The van der Waals surface area contributed by atoms with Gasteiger partial charge in [0.2, 0.25) is 0 Å². The Kier molecular flexibility index (Phi) is 3.61. The maximum absolute atomic E-state index is 12.3. The third kappa shape index (κ3) is 2.63. The van der Waals surface area contributed by atoms with Crippen molar-refractivity contribution in [3.63, 3.8) is 0 Å². The van der Waals surface area contributed by atoms with E-state index in [1.807, 2.05) is 35.9 Å². The van der Waals surface area contributed by atoms with E-state index in [-0.39, 0.29) is 5.91 Å². The first kappa shape index (κ1) is 13.4. The third-order valence-electron chi connectivity index (χ3n) is 3.59. The van der Waals surface area contributed by atoms with Crippen LogP contribution < -0.4 is 5.32 Å². The van der Waals surface area contributed by atoms with Crippen LogP contribution in [0.25, 0.3) is 0 Å². The summed E-state index contributed by atoms with van der Waals surface area (Å²) in [5.41, 5.74) is 3.51. The Hall–Kier alpha value is -1.62. The molecule has 0 aliphatic carbocycles. The van der Waals surface area contributed by atoms with Gasteiger partial charge in [0.1, 0.15) is 0 Å². The smallest absolute Gasteiger partial charge is 0.276 e. The number of nitrogens with one attached hydrogen (secondary N) is 1. The number of aryl methyl sites for hydroxylation is 3. The number of rotatable bonds is 2. The van der Waals surface area contributed by atoms with Gasteiger partial charge in [-0.15, -0.1) is 0 Å². The molecule has 0 saturated carbocycles. The molecule has 1 N–H and O–H groups in total. The van der Waals surface area contributed by atoms with Crippen LogP contribution in [0.4, 0.5) is 5.69 Å². The number of hydrogen-bond acceptors (Lipinski definition) is 2. The minimum Gasteiger partial charge on any atom is -0.320 e. The summed E-state index contributed by atoms with van der Waals surface area (Å²) in [6.07, 6.45) is 3.33. The van der Waals surface area contributed by atoms with Crippen molar-refractivity contribution in [1.82, 2.24) is 9.78 Å². The lowest BCUT2D eigenvalue weighted by molar-refractivity contribution is 0.102. The summed E-state index contributed by atoms with van der Waals surface area (Å²) in [6.45, 7) is 2.89. The minimum atomic E-state index is -0.141. The monoisotopic (exact) mass is 333 g/mol. The molecule has 2 aromatic rings. The molecule has 0 bridgehead atoms. The van der Waals surface area contributed by atoms with Gasteiger partial charge in [0.05, 0.1) is 0 Å². The summed E-state index contributed by atoms with van der Waals surface area (Å²) in [7, 11) is 0. The Morgan fingerprint density at radius 3 is 2.95 bits per heavy atom. The SMILES string of the molecule is Cc1cc(Br)ccc1NC(=O)c1cc2n(n1)CCCC2. The van der Waals surface area contributed by atoms with Crippen LogP contribution in [-0.2, 0) is 13.0 Å². The molecule has 4 nitrogen and oxygen atoms in total. The first-order chi connectivity index (χ1) is 9.63. The quantitative estimate of drug-likeness (QED) is 0.913. The Morgan fingerprint density at radius 1 is 1.35 bits per heavy atom. The number of hydrogen-bond donors (Lipinski definition) is 1. The van der Waals surface area contributed by atoms with Gasteiger partial charge in [0.25, 0.3) is 5.91 Å². The fourth-order valence-electron chi connectivity index (χ4n) is 2.48. The molecule has 0 fully saturated rings. The largest absolute Gasteiger partial charge is 0.320 e. The Bertz CT molecular complexity index is 640. The minimum absolute atomic E-state index is 0.141. The molecule has 1 amide bonds. The van der Waals surface area contributed by atoms with Crippen LogP contribution in [0.15, 0.2) is 28.7 Å². The summed E-state index contributed by atoms with van der Waals surface area (Å²) in [5, 5.41) is 7.32. The molecule has 0 unspecified atom stereocenters. The van der Waals surface area contributed by atoms with E-state index in [1.165, 1.54) is 6.42 Å². The molecular formula is C15H16BrN3O. The highest BCUT2D eigenvalue weighted by atomic mass is 79.9. The van der Waals surface area contributed by atoms with Crippen molar-refractivity contribution in [3.05, 3.63) is 45.7 Å². The maximum atomic E-state index is 12.3. The van der Waals surface area contributed by atoms with E-state index in [0.717, 1.165) is 40.8 Å². The van der Waals surface area contributed by atoms with Crippen molar-refractivity contribution < 1.29 is 4.79 Å². The predicted molar refractivity (Wildman–Crippen MR) is 82.0 cm³/mol. The van der Waals surface area contributed by atoms with Crippen LogP contribution in [-0.4, -0.2) is 15.7 Å². The highest BCUT2D eigenvalue weighted by Crippen LogP contribution is 2.21. The van der Waals surface area contributed by atoms with Crippen LogP contribution in [0.3, 0.4) is 0 Å². The zero-order valence-electron chi connectivity index (χ0n) is 11.3. The molecule has 0 atom stereocenters. The average molecular weight is 334 g/mol. The van der Waals surface area contributed by atoms with Crippen LogP contribution >= 0.6 is 15.9 Å². The van der Waals surface area contributed by atoms with Gasteiger partial charge in [-0.3, -0.25) is 9.48 Å².